The Morgan fingerprint density at radius 2 is 2.03 bits per heavy atom. The van der Waals surface area contributed by atoms with E-state index in [1.165, 1.54) is 13.2 Å². The normalized spacial score (nSPS) is 14.4. The lowest BCUT2D eigenvalue weighted by atomic mass is 10.1. The van der Waals surface area contributed by atoms with Gasteiger partial charge < -0.3 is 14.4 Å². The summed E-state index contributed by atoms with van der Waals surface area (Å²) in [4.78, 5) is 11.3. The summed E-state index contributed by atoms with van der Waals surface area (Å²) in [6.45, 7) is 2.99. The van der Waals surface area contributed by atoms with Gasteiger partial charge in [0.2, 0.25) is 0 Å². The number of nitrogens with one attached hydrogen (secondary N) is 1. The molecule has 1 saturated heterocycles. The van der Waals surface area contributed by atoms with Gasteiger partial charge in [0.15, 0.2) is 22.3 Å². The number of H-pyrrole nitrogens is 1. The van der Waals surface area contributed by atoms with E-state index in [2.05, 4.69) is 20.1 Å². The zero-order valence-corrected chi connectivity index (χ0v) is 16.8. The van der Waals surface area contributed by atoms with Gasteiger partial charge in [-0.2, -0.15) is 5.10 Å². The SMILES string of the molecule is COc1c(F)cc(F)cc1-c1[nH]nc2ncc(-c3csc(N4CCOCC4)n3)cc12. The van der Waals surface area contributed by atoms with E-state index < -0.39 is 11.6 Å². The number of hydrogen-bond acceptors (Lipinski definition) is 7. The van der Waals surface area contributed by atoms with E-state index in [9.17, 15) is 8.78 Å². The van der Waals surface area contributed by atoms with Crippen molar-refractivity contribution in [2.24, 2.45) is 0 Å². The number of anilines is 1. The zero-order chi connectivity index (χ0) is 20.7. The van der Waals surface area contributed by atoms with Gasteiger partial charge in [-0.05, 0) is 12.1 Å². The number of methoxy groups -OCH3 is 1. The highest BCUT2D eigenvalue weighted by atomic mass is 32.1. The third-order valence-electron chi connectivity index (χ3n) is 4.96. The number of benzene rings is 1. The maximum absolute atomic E-state index is 14.2. The van der Waals surface area contributed by atoms with E-state index in [0.29, 0.717) is 29.9 Å². The first-order valence-electron chi connectivity index (χ1n) is 9.30. The van der Waals surface area contributed by atoms with Crippen LogP contribution in [0, 0.1) is 11.6 Å². The number of hydrogen-bond donors (Lipinski definition) is 1. The number of pyridine rings is 1. The number of halogens is 2. The number of ether oxygens (including phenoxy) is 2. The van der Waals surface area contributed by atoms with Gasteiger partial charge in [0.1, 0.15) is 5.82 Å². The molecule has 0 unspecified atom stereocenters. The fraction of sp³-hybridized carbons (Fsp3) is 0.250. The molecule has 1 aliphatic heterocycles. The number of rotatable bonds is 4. The van der Waals surface area contributed by atoms with E-state index >= 15 is 0 Å². The Morgan fingerprint density at radius 1 is 1.20 bits per heavy atom. The van der Waals surface area contributed by atoms with Crippen molar-refractivity contribution >= 4 is 27.5 Å². The van der Waals surface area contributed by atoms with Crippen molar-refractivity contribution in [1.29, 1.82) is 0 Å². The number of aromatic nitrogens is 4. The van der Waals surface area contributed by atoms with Gasteiger partial charge in [-0.15, -0.1) is 11.3 Å². The van der Waals surface area contributed by atoms with Crippen molar-refractivity contribution in [2.45, 2.75) is 0 Å². The van der Waals surface area contributed by atoms with Crippen LogP contribution in [-0.4, -0.2) is 53.6 Å². The van der Waals surface area contributed by atoms with Gasteiger partial charge in [-0.25, -0.2) is 18.7 Å². The monoisotopic (exact) mass is 429 g/mol. The van der Waals surface area contributed by atoms with Crippen LogP contribution in [0.25, 0.3) is 33.5 Å². The molecule has 3 aromatic heterocycles. The molecule has 0 atom stereocenters. The molecule has 154 valence electrons. The third-order valence-corrected chi connectivity index (χ3v) is 5.86. The molecule has 4 aromatic rings. The highest BCUT2D eigenvalue weighted by molar-refractivity contribution is 7.14. The van der Waals surface area contributed by atoms with Crippen molar-refractivity contribution in [3.8, 4) is 28.3 Å². The van der Waals surface area contributed by atoms with Crippen LogP contribution in [0.3, 0.4) is 0 Å². The molecule has 0 amide bonds. The van der Waals surface area contributed by atoms with Gasteiger partial charge >= 0.3 is 0 Å². The minimum Gasteiger partial charge on any atom is -0.493 e. The van der Waals surface area contributed by atoms with Crippen LogP contribution in [-0.2, 0) is 4.74 Å². The summed E-state index contributed by atoms with van der Waals surface area (Å²) in [5, 5.41) is 10.5. The Hall–Kier alpha value is -3.11. The van der Waals surface area contributed by atoms with Crippen LogP contribution in [0.5, 0.6) is 5.75 Å². The van der Waals surface area contributed by atoms with E-state index in [-0.39, 0.29) is 11.3 Å². The zero-order valence-electron chi connectivity index (χ0n) is 16.0. The number of aromatic amines is 1. The molecular weight excluding hydrogens is 412 g/mol. The average molecular weight is 429 g/mol. The van der Waals surface area contributed by atoms with Crippen LogP contribution in [0.15, 0.2) is 29.8 Å². The van der Waals surface area contributed by atoms with Crippen LogP contribution in [0.4, 0.5) is 13.9 Å². The lowest BCUT2D eigenvalue weighted by Gasteiger charge is -2.26. The van der Waals surface area contributed by atoms with Crippen LogP contribution >= 0.6 is 11.3 Å². The molecule has 1 aliphatic rings. The topological polar surface area (TPSA) is 76.2 Å². The first-order chi connectivity index (χ1) is 14.6. The van der Waals surface area contributed by atoms with Gasteiger partial charge in [-0.1, -0.05) is 0 Å². The van der Waals surface area contributed by atoms with Gasteiger partial charge in [0, 0.05) is 47.2 Å². The molecule has 0 radical (unpaired) electrons. The summed E-state index contributed by atoms with van der Waals surface area (Å²) >= 11 is 1.56. The smallest absolute Gasteiger partial charge is 0.186 e. The first-order valence-corrected chi connectivity index (χ1v) is 10.2. The number of nitrogens with zero attached hydrogens (tertiary/aromatic N) is 4. The van der Waals surface area contributed by atoms with Gasteiger partial charge in [0.05, 0.1) is 31.7 Å². The Labute approximate surface area is 174 Å². The third kappa shape index (κ3) is 3.27. The summed E-state index contributed by atoms with van der Waals surface area (Å²) in [6, 6.07) is 3.86. The Kier molecular flexibility index (Phi) is 4.80. The first kappa shape index (κ1) is 18.9. The molecule has 10 heteroatoms. The Balaban J connectivity index is 1.57. The summed E-state index contributed by atoms with van der Waals surface area (Å²) in [5.74, 6) is -1.55. The Morgan fingerprint density at radius 3 is 2.83 bits per heavy atom. The fourth-order valence-electron chi connectivity index (χ4n) is 3.50. The Bertz CT molecular complexity index is 1220. The standard InChI is InChI=1S/C20H17F2N5O2S/c1-28-18-13(7-12(21)8-15(18)22)17-14-6-11(9-23-19(14)26-25-17)16-10-30-20(24-16)27-2-4-29-5-3-27/h6-10H,2-5H2,1H3,(H,23,25,26). The van der Waals surface area contributed by atoms with Crippen molar-refractivity contribution in [3.05, 3.63) is 41.4 Å². The number of morpholine rings is 1. The fourth-order valence-corrected chi connectivity index (χ4v) is 4.38. The highest BCUT2D eigenvalue weighted by Crippen LogP contribution is 2.37. The molecule has 1 N–H and O–H groups in total. The summed E-state index contributed by atoms with van der Waals surface area (Å²) < 4.78 is 38.6. The second-order valence-electron chi connectivity index (χ2n) is 6.78. The van der Waals surface area contributed by atoms with Crippen LogP contribution in [0.2, 0.25) is 0 Å². The van der Waals surface area contributed by atoms with E-state index in [0.717, 1.165) is 35.5 Å². The lowest BCUT2D eigenvalue weighted by Crippen LogP contribution is -2.36. The maximum atomic E-state index is 14.2. The minimum absolute atomic E-state index is 0.0596. The minimum atomic E-state index is -0.783. The summed E-state index contributed by atoms with van der Waals surface area (Å²) in [7, 11) is 1.34. The largest absolute Gasteiger partial charge is 0.493 e. The molecule has 0 spiro atoms. The lowest BCUT2D eigenvalue weighted by molar-refractivity contribution is 0.122. The van der Waals surface area contributed by atoms with Crippen molar-refractivity contribution in [2.75, 3.05) is 38.3 Å². The maximum Gasteiger partial charge on any atom is 0.186 e. The number of fused-ring (bicyclic) bond motifs is 1. The van der Waals surface area contributed by atoms with Gasteiger partial charge in [0.25, 0.3) is 0 Å². The molecule has 0 saturated carbocycles. The summed E-state index contributed by atoms with van der Waals surface area (Å²) in [5.41, 5.74) is 2.67. The average Bonchev–Trinajstić information content (AvgIpc) is 3.41. The van der Waals surface area contributed by atoms with Crippen LogP contribution in [0.1, 0.15) is 0 Å². The molecule has 1 fully saturated rings. The van der Waals surface area contributed by atoms with Crippen LogP contribution < -0.4 is 9.64 Å². The van der Waals surface area contributed by atoms with E-state index in [1.807, 2.05) is 11.4 Å². The van der Waals surface area contributed by atoms with Crippen molar-refractivity contribution < 1.29 is 18.3 Å². The number of thiazole rings is 1. The second kappa shape index (κ2) is 7.62. The molecule has 1 aromatic carbocycles. The molecule has 0 bridgehead atoms. The molecule has 4 heterocycles. The summed E-state index contributed by atoms with van der Waals surface area (Å²) in [6.07, 6.45) is 1.69. The van der Waals surface area contributed by atoms with Crippen molar-refractivity contribution in [1.82, 2.24) is 20.2 Å². The van der Waals surface area contributed by atoms with E-state index in [1.54, 1.807) is 17.5 Å². The van der Waals surface area contributed by atoms with Crippen molar-refractivity contribution in [3.63, 3.8) is 0 Å². The molecule has 7 nitrogen and oxygen atoms in total. The predicted octanol–water partition coefficient (Wildman–Crippen LogP) is 3.87. The highest BCUT2D eigenvalue weighted by Gasteiger charge is 2.20. The second-order valence-corrected chi connectivity index (χ2v) is 7.61. The molecule has 0 aliphatic carbocycles. The molecule has 30 heavy (non-hydrogen) atoms. The van der Waals surface area contributed by atoms with E-state index in [4.69, 9.17) is 14.5 Å². The predicted molar refractivity (Wildman–Crippen MR) is 110 cm³/mol. The van der Waals surface area contributed by atoms with Gasteiger partial charge in [-0.3, -0.25) is 5.10 Å². The molecule has 5 rings (SSSR count). The molecular formula is C20H17F2N5O2S. The quantitative estimate of drug-likeness (QED) is 0.531.